The Bertz CT molecular complexity index is 493. The predicted molar refractivity (Wildman–Crippen MR) is 81.6 cm³/mol. The smallest absolute Gasteiger partial charge is 0.303 e. The second-order valence-electron chi connectivity index (χ2n) is 4.43. The van der Waals surface area contributed by atoms with Crippen LogP contribution in [0.5, 0.6) is 0 Å². The van der Waals surface area contributed by atoms with Gasteiger partial charge in [0, 0.05) is 17.9 Å². The zero-order valence-electron chi connectivity index (χ0n) is 11.5. The van der Waals surface area contributed by atoms with Gasteiger partial charge < -0.3 is 10.4 Å². The van der Waals surface area contributed by atoms with E-state index in [1.54, 1.807) is 12.1 Å². The Morgan fingerprint density at radius 3 is 2.70 bits per heavy atom. The maximum absolute atomic E-state index is 12.1. The summed E-state index contributed by atoms with van der Waals surface area (Å²) in [5.74, 6) is -1.19. The molecular formula is C14H18ClNO3S. The van der Waals surface area contributed by atoms with Crippen molar-refractivity contribution < 1.29 is 14.7 Å². The Balaban J connectivity index is 2.68. The van der Waals surface area contributed by atoms with Gasteiger partial charge in [-0.05, 0) is 30.4 Å². The summed E-state index contributed by atoms with van der Waals surface area (Å²) in [7, 11) is 0. The van der Waals surface area contributed by atoms with E-state index >= 15 is 0 Å². The Kier molecular flexibility index (Phi) is 6.88. The molecule has 0 aliphatic heterocycles. The summed E-state index contributed by atoms with van der Waals surface area (Å²) in [6, 6.07) is 5.28. The number of carboxylic acids is 1. The first-order valence-corrected chi connectivity index (χ1v) is 7.91. The first-order valence-electron chi connectivity index (χ1n) is 6.31. The molecule has 2 N–H and O–H groups in total. The van der Waals surface area contributed by atoms with Gasteiger partial charge in [0.25, 0.3) is 5.91 Å². The van der Waals surface area contributed by atoms with E-state index in [1.807, 2.05) is 19.2 Å². The third kappa shape index (κ3) is 5.06. The van der Waals surface area contributed by atoms with Gasteiger partial charge in [-0.15, -0.1) is 11.8 Å². The molecule has 1 aromatic rings. The van der Waals surface area contributed by atoms with Crippen molar-refractivity contribution in [2.75, 3.05) is 12.8 Å². The summed E-state index contributed by atoms with van der Waals surface area (Å²) in [6.45, 7) is 2.24. The quantitative estimate of drug-likeness (QED) is 0.758. The minimum Gasteiger partial charge on any atom is -0.481 e. The molecule has 0 fully saturated rings. The number of rotatable bonds is 7. The lowest BCUT2D eigenvalue weighted by Gasteiger charge is -2.14. The number of carboxylic acid groups (broad SMARTS) is 1. The highest BCUT2D eigenvalue weighted by molar-refractivity contribution is 7.98. The molecule has 0 spiro atoms. The van der Waals surface area contributed by atoms with Gasteiger partial charge in [0.05, 0.1) is 10.6 Å². The van der Waals surface area contributed by atoms with Crippen LogP contribution in [0.1, 0.15) is 30.1 Å². The zero-order chi connectivity index (χ0) is 15.1. The minimum absolute atomic E-state index is 0.0510. The summed E-state index contributed by atoms with van der Waals surface area (Å²) in [5.41, 5.74) is 0.420. The molecule has 1 unspecified atom stereocenters. The van der Waals surface area contributed by atoms with Crippen LogP contribution in [0.2, 0.25) is 5.02 Å². The molecule has 6 heteroatoms. The van der Waals surface area contributed by atoms with Gasteiger partial charge in [0.2, 0.25) is 0 Å². The molecule has 0 radical (unpaired) electrons. The van der Waals surface area contributed by atoms with Crippen molar-refractivity contribution >= 4 is 35.2 Å². The highest BCUT2D eigenvalue weighted by Crippen LogP contribution is 2.23. The zero-order valence-corrected chi connectivity index (χ0v) is 13.1. The summed E-state index contributed by atoms with van der Waals surface area (Å²) in [5, 5.41) is 11.9. The third-order valence-electron chi connectivity index (χ3n) is 3.01. The van der Waals surface area contributed by atoms with E-state index in [0.717, 1.165) is 4.90 Å². The Hall–Kier alpha value is -1.20. The molecule has 20 heavy (non-hydrogen) atoms. The molecule has 0 bridgehead atoms. The van der Waals surface area contributed by atoms with Gasteiger partial charge in [-0.2, -0.15) is 0 Å². The Morgan fingerprint density at radius 2 is 2.15 bits per heavy atom. The van der Waals surface area contributed by atoms with Crippen LogP contribution >= 0.6 is 23.4 Å². The number of aliphatic carboxylic acids is 1. The molecule has 1 amide bonds. The summed E-state index contributed by atoms with van der Waals surface area (Å²) < 4.78 is 0. The summed E-state index contributed by atoms with van der Waals surface area (Å²) in [4.78, 5) is 23.7. The van der Waals surface area contributed by atoms with E-state index in [-0.39, 0.29) is 18.2 Å². The lowest BCUT2D eigenvalue weighted by atomic mass is 10.0. The number of hydrogen-bond donors (Lipinski definition) is 2. The fraction of sp³-hybridized carbons (Fsp3) is 0.429. The van der Waals surface area contributed by atoms with Gasteiger partial charge in [-0.25, -0.2) is 0 Å². The van der Waals surface area contributed by atoms with E-state index in [4.69, 9.17) is 16.7 Å². The van der Waals surface area contributed by atoms with Crippen LogP contribution in [-0.4, -0.2) is 29.8 Å². The van der Waals surface area contributed by atoms with Crippen molar-refractivity contribution in [3.63, 3.8) is 0 Å². The van der Waals surface area contributed by atoms with E-state index in [0.29, 0.717) is 23.6 Å². The lowest BCUT2D eigenvalue weighted by Crippen LogP contribution is -2.30. The number of hydrogen-bond acceptors (Lipinski definition) is 3. The molecule has 0 aliphatic rings. The molecule has 110 valence electrons. The lowest BCUT2D eigenvalue weighted by molar-refractivity contribution is -0.138. The van der Waals surface area contributed by atoms with E-state index in [9.17, 15) is 9.59 Å². The van der Waals surface area contributed by atoms with Crippen molar-refractivity contribution in [2.45, 2.75) is 24.7 Å². The number of nitrogens with one attached hydrogen (secondary N) is 1. The van der Waals surface area contributed by atoms with Gasteiger partial charge >= 0.3 is 5.97 Å². The van der Waals surface area contributed by atoms with Gasteiger partial charge in [-0.1, -0.05) is 24.9 Å². The maximum atomic E-state index is 12.1. The highest BCUT2D eigenvalue weighted by atomic mass is 35.5. The largest absolute Gasteiger partial charge is 0.481 e. The fourth-order valence-corrected chi connectivity index (χ4v) is 2.39. The van der Waals surface area contributed by atoms with Crippen LogP contribution < -0.4 is 5.32 Å². The van der Waals surface area contributed by atoms with E-state index in [1.165, 1.54) is 11.8 Å². The second-order valence-corrected chi connectivity index (χ2v) is 5.71. The number of carbonyl (C=O) groups is 2. The molecule has 4 nitrogen and oxygen atoms in total. The normalized spacial score (nSPS) is 11.9. The number of benzene rings is 1. The third-order valence-corrected chi connectivity index (χ3v) is 4.07. The average Bonchev–Trinajstić information content (AvgIpc) is 2.43. The van der Waals surface area contributed by atoms with Crippen LogP contribution in [-0.2, 0) is 4.79 Å². The van der Waals surface area contributed by atoms with Gasteiger partial charge in [0.15, 0.2) is 0 Å². The van der Waals surface area contributed by atoms with Crippen molar-refractivity contribution in [3.8, 4) is 0 Å². The first kappa shape index (κ1) is 16.9. The molecule has 1 aromatic carbocycles. The summed E-state index contributed by atoms with van der Waals surface area (Å²) in [6.07, 6.45) is 2.67. The molecule has 0 saturated carbocycles. The number of carbonyl (C=O) groups excluding carboxylic acids is 1. The molecule has 0 saturated heterocycles. The standard InChI is InChI=1S/C14H18ClNO3S/c1-3-9(6-13(17)18)8-16-14(19)11-7-10(20-2)4-5-12(11)15/h4-5,7,9H,3,6,8H2,1-2H3,(H,16,19)(H,17,18). The number of amides is 1. The number of halogens is 1. The SMILES string of the molecule is CCC(CNC(=O)c1cc(SC)ccc1Cl)CC(=O)O. The Labute approximate surface area is 127 Å². The van der Waals surface area contributed by atoms with Crippen LogP contribution in [0.25, 0.3) is 0 Å². The van der Waals surface area contributed by atoms with Gasteiger partial charge in [-0.3, -0.25) is 9.59 Å². The second kappa shape index (κ2) is 8.17. The van der Waals surface area contributed by atoms with E-state index < -0.39 is 5.97 Å². The molecule has 0 heterocycles. The minimum atomic E-state index is -0.853. The van der Waals surface area contributed by atoms with Crippen LogP contribution in [0.3, 0.4) is 0 Å². The summed E-state index contributed by atoms with van der Waals surface area (Å²) >= 11 is 7.55. The van der Waals surface area contributed by atoms with Crippen molar-refractivity contribution in [1.82, 2.24) is 5.32 Å². The predicted octanol–water partition coefficient (Wildman–Crippen LogP) is 3.29. The average molecular weight is 316 g/mol. The van der Waals surface area contributed by atoms with E-state index in [2.05, 4.69) is 5.32 Å². The van der Waals surface area contributed by atoms with Crippen molar-refractivity contribution in [2.24, 2.45) is 5.92 Å². The fourth-order valence-electron chi connectivity index (χ4n) is 1.75. The van der Waals surface area contributed by atoms with Crippen LogP contribution in [0, 0.1) is 5.92 Å². The van der Waals surface area contributed by atoms with Crippen LogP contribution in [0.4, 0.5) is 0 Å². The van der Waals surface area contributed by atoms with Crippen LogP contribution in [0.15, 0.2) is 23.1 Å². The van der Waals surface area contributed by atoms with Crippen molar-refractivity contribution in [1.29, 1.82) is 0 Å². The van der Waals surface area contributed by atoms with Gasteiger partial charge in [0.1, 0.15) is 0 Å². The first-order chi connectivity index (χ1) is 9.47. The molecule has 1 rings (SSSR count). The molecular weight excluding hydrogens is 298 g/mol. The highest BCUT2D eigenvalue weighted by Gasteiger charge is 2.15. The molecule has 1 atom stereocenters. The number of thioether (sulfide) groups is 1. The monoisotopic (exact) mass is 315 g/mol. The molecule has 0 aliphatic carbocycles. The van der Waals surface area contributed by atoms with Crippen molar-refractivity contribution in [3.05, 3.63) is 28.8 Å². The molecule has 0 aromatic heterocycles. The maximum Gasteiger partial charge on any atom is 0.303 e. The topological polar surface area (TPSA) is 66.4 Å². The Morgan fingerprint density at radius 1 is 1.45 bits per heavy atom.